The van der Waals surface area contributed by atoms with Crippen LogP contribution in [0.5, 0.6) is 0 Å². The van der Waals surface area contributed by atoms with Crippen molar-refractivity contribution in [2.75, 3.05) is 5.32 Å². The van der Waals surface area contributed by atoms with Gasteiger partial charge < -0.3 is 0 Å². The summed E-state index contributed by atoms with van der Waals surface area (Å²) in [6, 6.07) is 12.8. The molecule has 0 saturated carbocycles. The lowest BCUT2D eigenvalue weighted by atomic mass is 10.2. The Morgan fingerprint density at radius 3 is 2.70 bits per heavy atom. The molecule has 0 aromatic heterocycles. The molecule has 0 aliphatic carbocycles. The number of anilines is 1. The number of hydrogen-bond donors (Lipinski definition) is 1. The zero-order valence-electron chi connectivity index (χ0n) is 10.2. The lowest BCUT2D eigenvalue weighted by Crippen LogP contribution is -2.10. The van der Waals surface area contributed by atoms with Crippen molar-refractivity contribution in [2.24, 2.45) is 5.16 Å². The standard InChI is InChI=1S/C14H10ClFN2O2/c15-12-8-10(6-7-13(12)16)9-17-20-14(19)18-11-4-2-1-3-5-11/h1-9H,(H,18,19)/b17-9+. The number of amides is 1. The van der Waals surface area contributed by atoms with E-state index in [4.69, 9.17) is 11.6 Å². The molecule has 1 N–H and O–H groups in total. The SMILES string of the molecule is O=C(Nc1ccccc1)O/N=C/c1ccc(F)c(Cl)c1. The maximum Gasteiger partial charge on any atom is 0.437 e. The number of benzene rings is 2. The highest BCUT2D eigenvalue weighted by Gasteiger charge is 2.02. The topological polar surface area (TPSA) is 50.7 Å². The number of carbonyl (C=O) groups is 1. The van der Waals surface area contributed by atoms with Gasteiger partial charge in [0.05, 0.1) is 11.2 Å². The summed E-state index contributed by atoms with van der Waals surface area (Å²) >= 11 is 5.61. The van der Waals surface area contributed by atoms with Gasteiger partial charge in [0, 0.05) is 5.69 Å². The van der Waals surface area contributed by atoms with E-state index in [-0.39, 0.29) is 5.02 Å². The van der Waals surface area contributed by atoms with Crippen molar-refractivity contribution in [2.45, 2.75) is 0 Å². The number of oxime groups is 1. The zero-order chi connectivity index (χ0) is 14.4. The number of para-hydroxylation sites is 1. The number of nitrogens with one attached hydrogen (secondary N) is 1. The minimum Gasteiger partial charge on any atom is -0.298 e. The van der Waals surface area contributed by atoms with Crippen LogP contribution in [0.2, 0.25) is 5.02 Å². The molecule has 2 rings (SSSR count). The van der Waals surface area contributed by atoms with E-state index < -0.39 is 11.9 Å². The summed E-state index contributed by atoms with van der Waals surface area (Å²) in [4.78, 5) is 16.0. The van der Waals surface area contributed by atoms with Gasteiger partial charge in [-0.25, -0.2) is 9.18 Å². The lowest BCUT2D eigenvalue weighted by Gasteiger charge is -2.01. The monoisotopic (exact) mass is 292 g/mol. The highest BCUT2D eigenvalue weighted by molar-refractivity contribution is 6.31. The van der Waals surface area contributed by atoms with Crippen molar-refractivity contribution in [1.82, 2.24) is 0 Å². The van der Waals surface area contributed by atoms with Gasteiger partial charge in [-0.05, 0) is 29.8 Å². The Morgan fingerprint density at radius 2 is 2.00 bits per heavy atom. The van der Waals surface area contributed by atoms with Crippen LogP contribution in [-0.2, 0) is 4.84 Å². The maximum atomic E-state index is 12.9. The van der Waals surface area contributed by atoms with Crippen LogP contribution in [0.15, 0.2) is 53.7 Å². The Morgan fingerprint density at radius 1 is 1.25 bits per heavy atom. The van der Waals surface area contributed by atoms with Crippen molar-refractivity contribution in [3.63, 3.8) is 0 Å². The van der Waals surface area contributed by atoms with Crippen LogP contribution in [-0.4, -0.2) is 12.3 Å². The minimum absolute atomic E-state index is 0.0253. The van der Waals surface area contributed by atoms with Crippen LogP contribution in [0.25, 0.3) is 0 Å². The van der Waals surface area contributed by atoms with Crippen LogP contribution < -0.4 is 5.32 Å². The Kier molecular flexibility index (Phi) is 4.68. The third-order valence-corrected chi connectivity index (χ3v) is 2.59. The largest absolute Gasteiger partial charge is 0.437 e. The number of halogens is 2. The number of carbonyl (C=O) groups excluding carboxylic acids is 1. The Bertz CT molecular complexity index is 632. The van der Waals surface area contributed by atoms with Crippen molar-refractivity contribution in [3.8, 4) is 0 Å². The van der Waals surface area contributed by atoms with Crippen LogP contribution >= 0.6 is 11.6 Å². The molecule has 0 saturated heterocycles. The average molecular weight is 293 g/mol. The molecule has 0 aliphatic rings. The molecule has 0 radical (unpaired) electrons. The van der Waals surface area contributed by atoms with E-state index in [1.807, 2.05) is 6.07 Å². The average Bonchev–Trinajstić information content (AvgIpc) is 2.44. The molecule has 0 atom stereocenters. The molecule has 2 aromatic rings. The molecule has 6 heteroatoms. The van der Waals surface area contributed by atoms with Crippen LogP contribution in [0, 0.1) is 5.82 Å². The summed E-state index contributed by atoms with van der Waals surface area (Å²) in [6.45, 7) is 0. The molecule has 0 bridgehead atoms. The number of hydrogen-bond acceptors (Lipinski definition) is 3. The Balaban J connectivity index is 1.89. The van der Waals surface area contributed by atoms with E-state index in [2.05, 4.69) is 15.3 Å². The van der Waals surface area contributed by atoms with Crippen LogP contribution in [0.3, 0.4) is 0 Å². The molecular weight excluding hydrogens is 283 g/mol. The second-order valence-corrected chi connectivity index (χ2v) is 4.19. The highest BCUT2D eigenvalue weighted by Crippen LogP contribution is 2.14. The predicted molar refractivity (Wildman–Crippen MR) is 75.5 cm³/mol. The smallest absolute Gasteiger partial charge is 0.298 e. The third-order valence-electron chi connectivity index (χ3n) is 2.30. The van der Waals surface area contributed by atoms with Gasteiger partial charge in [0.15, 0.2) is 0 Å². The maximum absolute atomic E-state index is 12.9. The second-order valence-electron chi connectivity index (χ2n) is 3.78. The number of nitrogens with zero attached hydrogens (tertiary/aromatic N) is 1. The van der Waals surface area contributed by atoms with E-state index in [9.17, 15) is 9.18 Å². The van der Waals surface area contributed by atoms with Gasteiger partial charge in [-0.3, -0.25) is 10.2 Å². The fraction of sp³-hybridized carbons (Fsp3) is 0. The van der Waals surface area contributed by atoms with Gasteiger partial charge in [-0.15, -0.1) is 0 Å². The molecule has 102 valence electrons. The van der Waals surface area contributed by atoms with Gasteiger partial charge in [0.1, 0.15) is 5.82 Å². The highest BCUT2D eigenvalue weighted by atomic mass is 35.5. The second kappa shape index (κ2) is 6.68. The molecular formula is C14H10ClFN2O2. The summed E-state index contributed by atoms with van der Waals surface area (Å²) in [5.41, 5.74) is 1.11. The first-order valence-corrected chi connectivity index (χ1v) is 6.04. The first kappa shape index (κ1) is 14.0. The number of rotatable bonds is 3. The molecule has 20 heavy (non-hydrogen) atoms. The van der Waals surface area contributed by atoms with E-state index >= 15 is 0 Å². The first-order valence-electron chi connectivity index (χ1n) is 5.66. The molecule has 2 aromatic carbocycles. The first-order chi connectivity index (χ1) is 9.65. The predicted octanol–water partition coefficient (Wildman–Crippen LogP) is 4.06. The van der Waals surface area contributed by atoms with Crippen molar-refractivity contribution < 1.29 is 14.0 Å². The normalized spacial score (nSPS) is 10.5. The molecule has 0 unspecified atom stereocenters. The Hall–Kier alpha value is -2.40. The molecule has 0 heterocycles. The summed E-state index contributed by atoms with van der Waals surface area (Å²) in [7, 11) is 0. The van der Waals surface area contributed by atoms with Gasteiger partial charge in [-0.2, -0.15) is 0 Å². The fourth-order valence-electron chi connectivity index (χ4n) is 1.39. The zero-order valence-corrected chi connectivity index (χ0v) is 11.0. The molecule has 4 nitrogen and oxygen atoms in total. The van der Waals surface area contributed by atoms with Gasteiger partial charge in [-0.1, -0.05) is 41.0 Å². The minimum atomic E-state index is -0.722. The van der Waals surface area contributed by atoms with E-state index in [1.54, 1.807) is 24.3 Å². The van der Waals surface area contributed by atoms with Gasteiger partial charge in [0.2, 0.25) is 0 Å². The Labute approximate surface area is 119 Å². The van der Waals surface area contributed by atoms with Crippen molar-refractivity contribution >= 4 is 29.6 Å². The molecule has 0 spiro atoms. The lowest BCUT2D eigenvalue weighted by molar-refractivity contribution is 0.167. The molecule has 0 fully saturated rings. The van der Waals surface area contributed by atoms with Gasteiger partial charge in [0.25, 0.3) is 0 Å². The van der Waals surface area contributed by atoms with Crippen molar-refractivity contribution in [3.05, 3.63) is 64.9 Å². The molecule has 0 aliphatic heterocycles. The van der Waals surface area contributed by atoms with E-state index in [1.165, 1.54) is 24.4 Å². The molecule has 1 amide bonds. The van der Waals surface area contributed by atoms with E-state index in [0.717, 1.165) is 0 Å². The van der Waals surface area contributed by atoms with Crippen LogP contribution in [0.4, 0.5) is 14.9 Å². The van der Waals surface area contributed by atoms with Crippen molar-refractivity contribution in [1.29, 1.82) is 0 Å². The van der Waals surface area contributed by atoms with Crippen LogP contribution in [0.1, 0.15) is 5.56 Å². The summed E-state index contributed by atoms with van der Waals surface area (Å²) in [5.74, 6) is -0.522. The van der Waals surface area contributed by atoms with E-state index in [0.29, 0.717) is 11.3 Å². The fourth-order valence-corrected chi connectivity index (χ4v) is 1.58. The summed E-state index contributed by atoms with van der Waals surface area (Å²) in [5, 5.41) is 5.95. The quantitative estimate of drug-likeness (QED) is 0.527. The summed E-state index contributed by atoms with van der Waals surface area (Å²) < 4.78 is 12.9. The van der Waals surface area contributed by atoms with Gasteiger partial charge >= 0.3 is 6.09 Å². The third kappa shape index (κ3) is 4.07. The summed E-state index contributed by atoms with van der Waals surface area (Å²) in [6.07, 6.45) is 0.538.